The van der Waals surface area contributed by atoms with Gasteiger partial charge in [0.1, 0.15) is 0 Å². The van der Waals surface area contributed by atoms with Gasteiger partial charge in [-0.15, -0.1) is 0 Å². The average Bonchev–Trinajstić information content (AvgIpc) is 2.34. The molecule has 1 aromatic rings. The Morgan fingerprint density at radius 3 is 2.72 bits per heavy atom. The Kier molecular flexibility index (Phi) is 6.08. The van der Waals surface area contributed by atoms with Crippen LogP contribution in [0.15, 0.2) is 29.2 Å². The largest absolute Gasteiger partial charge is 0.377 e. The molecular weight excluding hydrogens is 274 g/mol. The van der Waals surface area contributed by atoms with Gasteiger partial charge >= 0.3 is 0 Å². The van der Waals surface area contributed by atoms with Crippen molar-refractivity contribution in [3.8, 4) is 0 Å². The van der Waals surface area contributed by atoms with Crippen molar-refractivity contribution in [3.63, 3.8) is 0 Å². The molecule has 0 saturated heterocycles. The van der Waals surface area contributed by atoms with E-state index in [-0.39, 0.29) is 16.8 Å². The number of benzene rings is 1. The maximum absolute atomic E-state index is 12.1. The Morgan fingerprint density at radius 2 is 2.17 bits per heavy atom. The maximum Gasteiger partial charge on any atom is 0.178 e. The first-order chi connectivity index (χ1) is 8.49. The highest BCUT2D eigenvalue weighted by molar-refractivity contribution is 7.91. The molecule has 1 aromatic carbocycles. The zero-order valence-electron chi connectivity index (χ0n) is 10.3. The van der Waals surface area contributed by atoms with E-state index in [0.29, 0.717) is 24.6 Å². The van der Waals surface area contributed by atoms with Crippen molar-refractivity contribution in [2.24, 2.45) is 5.73 Å². The molecule has 6 heteroatoms. The van der Waals surface area contributed by atoms with Gasteiger partial charge in [-0.05, 0) is 31.5 Å². The summed E-state index contributed by atoms with van der Waals surface area (Å²) in [6.07, 6.45) is 0.170. The fraction of sp³-hybridized carbons (Fsp3) is 0.500. The van der Waals surface area contributed by atoms with Crippen LogP contribution >= 0.6 is 11.6 Å². The summed E-state index contributed by atoms with van der Waals surface area (Å²) in [5.41, 5.74) is 5.51. The predicted octanol–water partition coefficient (Wildman–Crippen LogP) is 1.87. The summed E-state index contributed by atoms with van der Waals surface area (Å²) in [5.74, 6) is 0.00914. The summed E-state index contributed by atoms with van der Waals surface area (Å²) in [5, 5.41) is 0.413. The van der Waals surface area contributed by atoms with Gasteiger partial charge in [0, 0.05) is 18.2 Å². The Morgan fingerprint density at radius 1 is 1.44 bits per heavy atom. The molecule has 4 nitrogen and oxygen atoms in total. The standard InChI is InChI=1S/C12H18ClNO3S/c1-2-17-11(9-14)6-7-18(15,16)12-5-3-4-10(13)8-12/h3-5,8,11H,2,6-7,9,14H2,1H3. The molecule has 1 unspecified atom stereocenters. The summed E-state index contributed by atoms with van der Waals surface area (Å²) in [6, 6.07) is 6.26. The van der Waals surface area contributed by atoms with Crippen LogP contribution in [0.3, 0.4) is 0 Å². The molecule has 0 aliphatic rings. The van der Waals surface area contributed by atoms with Gasteiger partial charge in [0.25, 0.3) is 0 Å². The Labute approximate surface area is 113 Å². The van der Waals surface area contributed by atoms with Gasteiger partial charge in [0.05, 0.1) is 16.8 Å². The molecule has 102 valence electrons. The summed E-state index contributed by atoms with van der Waals surface area (Å²) in [4.78, 5) is 0.238. The van der Waals surface area contributed by atoms with E-state index in [1.165, 1.54) is 6.07 Å². The van der Waals surface area contributed by atoms with Crippen LogP contribution in [0.25, 0.3) is 0 Å². The molecule has 0 amide bonds. The lowest BCUT2D eigenvalue weighted by Gasteiger charge is -2.14. The quantitative estimate of drug-likeness (QED) is 0.832. The number of hydrogen-bond donors (Lipinski definition) is 1. The first-order valence-corrected chi connectivity index (χ1v) is 7.82. The molecule has 2 N–H and O–H groups in total. The zero-order chi connectivity index (χ0) is 13.6. The molecule has 0 radical (unpaired) electrons. The molecule has 0 spiro atoms. The smallest absolute Gasteiger partial charge is 0.178 e. The van der Waals surface area contributed by atoms with E-state index < -0.39 is 9.84 Å². The summed E-state index contributed by atoms with van der Waals surface area (Å²) in [6.45, 7) is 2.70. The number of hydrogen-bond acceptors (Lipinski definition) is 4. The highest BCUT2D eigenvalue weighted by atomic mass is 35.5. The lowest BCUT2D eigenvalue weighted by Crippen LogP contribution is -2.26. The van der Waals surface area contributed by atoms with Crippen molar-refractivity contribution in [2.75, 3.05) is 18.9 Å². The number of sulfone groups is 1. The van der Waals surface area contributed by atoms with Crippen LogP contribution in [0.2, 0.25) is 5.02 Å². The van der Waals surface area contributed by atoms with Gasteiger partial charge in [-0.25, -0.2) is 8.42 Å². The number of halogens is 1. The van der Waals surface area contributed by atoms with E-state index in [1.54, 1.807) is 18.2 Å². The minimum absolute atomic E-state index is 0.00914. The fourth-order valence-electron chi connectivity index (χ4n) is 1.57. The van der Waals surface area contributed by atoms with Crippen molar-refractivity contribution < 1.29 is 13.2 Å². The summed E-state index contributed by atoms with van der Waals surface area (Å²) >= 11 is 5.78. The molecule has 0 aliphatic heterocycles. The molecule has 0 bridgehead atoms. The van der Waals surface area contributed by atoms with Gasteiger partial charge in [0.15, 0.2) is 9.84 Å². The Balaban J connectivity index is 2.70. The second-order valence-electron chi connectivity index (χ2n) is 3.88. The highest BCUT2D eigenvalue weighted by Crippen LogP contribution is 2.18. The van der Waals surface area contributed by atoms with Crippen LogP contribution < -0.4 is 5.73 Å². The Bertz CT molecular complexity index is 476. The third-order valence-electron chi connectivity index (χ3n) is 2.53. The minimum Gasteiger partial charge on any atom is -0.377 e. The monoisotopic (exact) mass is 291 g/mol. The lowest BCUT2D eigenvalue weighted by molar-refractivity contribution is 0.0671. The van der Waals surface area contributed by atoms with Gasteiger partial charge in [-0.1, -0.05) is 17.7 Å². The summed E-state index contributed by atoms with van der Waals surface area (Å²) < 4.78 is 29.4. The molecule has 1 rings (SSSR count). The Hall–Kier alpha value is -0.620. The minimum atomic E-state index is -3.33. The van der Waals surface area contributed by atoms with E-state index in [1.807, 2.05) is 6.92 Å². The van der Waals surface area contributed by atoms with Gasteiger partial charge in [-0.3, -0.25) is 0 Å². The third-order valence-corrected chi connectivity index (χ3v) is 4.51. The molecule has 0 saturated carbocycles. The van der Waals surface area contributed by atoms with Crippen LogP contribution in [0, 0.1) is 0 Å². The zero-order valence-corrected chi connectivity index (χ0v) is 11.9. The van der Waals surface area contributed by atoms with E-state index in [0.717, 1.165) is 0 Å². The fourth-order valence-corrected chi connectivity index (χ4v) is 3.23. The van der Waals surface area contributed by atoms with Crippen LogP contribution in [0.4, 0.5) is 0 Å². The van der Waals surface area contributed by atoms with Gasteiger partial charge < -0.3 is 10.5 Å². The molecule has 0 fully saturated rings. The lowest BCUT2D eigenvalue weighted by atomic mass is 10.3. The van der Waals surface area contributed by atoms with Crippen molar-refractivity contribution >= 4 is 21.4 Å². The van der Waals surface area contributed by atoms with E-state index in [2.05, 4.69) is 0 Å². The number of nitrogens with two attached hydrogens (primary N) is 1. The topological polar surface area (TPSA) is 69.4 Å². The van der Waals surface area contributed by atoms with E-state index in [4.69, 9.17) is 22.1 Å². The van der Waals surface area contributed by atoms with Crippen molar-refractivity contribution in [1.82, 2.24) is 0 Å². The van der Waals surface area contributed by atoms with E-state index >= 15 is 0 Å². The van der Waals surface area contributed by atoms with Crippen molar-refractivity contribution in [2.45, 2.75) is 24.3 Å². The van der Waals surface area contributed by atoms with Gasteiger partial charge in [-0.2, -0.15) is 0 Å². The molecule has 18 heavy (non-hydrogen) atoms. The van der Waals surface area contributed by atoms with Crippen LogP contribution in [0.1, 0.15) is 13.3 Å². The maximum atomic E-state index is 12.1. The van der Waals surface area contributed by atoms with E-state index in [9.17, 15) is 8.42 Å². The highest BCUT2D eigenvalue weighted by Gasteiger charge is 2.17. The second-order valence-corrected chi connectivity index (χ2v) is 6.42. The molecule has 1 atom stereocenters. The second kappa shape index (κ2) is 7.09. The predicted molar refractivity (Wildman–Crippen MR) is 72.6 cm³/mol. The number of ether oxygens (including phenoxy) is 1. The van der Waals surface area contributed by atoms with Crippen molar-refractivity contribution in [1.29, 1.82) is 0 Å². The molecule has 0 aliphatic carbocycles. The van der Waals surface area contributed by atoms with Crippen LogP contribution in [-0.4, -0.2) is 33.4 Å². The van der Waals surface area contributed by atoms with Crippen LogP contribution in [0.5, 0.6) is 0 Å². The first kappa shape index (κ1) is 15.4. The van der Waals surface area contributed by atoms with Gasteiger partial charge in [0.2, 0.25) is 0 Å². The molecule has 0 heterocycles. The first-order valence-electron chi connectivity index (χ1n) is 5.79. The number of rotatable bonds is 7. The third kappa shape index (κ3) is 4.57. The molecular formula is C12H18ClNO3S. The summed E-state index contributed by atoms with van der Waals surface area (Å²) in [7, 11) is -3.33. The van der Waals surface area contributed by atoms with Crippen LogP contribution in [-0.2, 0) is 14.6 Å². The normalized spacial score (nSPS) is 13.5. The average molecular weight is 292 g/mol. The van der Waals surface area contributed by atoms with Crippen molar-refractivity contribution in [3.05, 3.63) is 29.3 Å². The SMILES string of the molecule is CCOC(CN)CCS(=O)(=O)c1cccc(Cl)c1. The molecule has 0 aromatic heterocycles.